The molecule has 0 atom stereocenters. The van der Waals surface area contributed by atoms with Gasteiger partial charge in [-0.25, -0.2) is 13.2 Å². The van der Waals surface area contributed by atoms with E-state index in [0.717, 1.165) is 11.6 Å². The van der Waals surface area contributed by atoms with E-state index in [1.807, 2.05) is 11.4 Å². The largest absolute Gasteiger partial charge is 0.355 e. The Morgan fingerprint density at radius 3 is 2.48 bits per heavy atom. The Labute approximate surface area is 151 Å². The number of amides is 2. The summed E-state index contributed by atoms with van der Waals surface area (Å²) in [5.74, 6) is -5.76. The smallest absolute Gasteiger partial charge is 0.273 e. The van der Waals surface area contributed by atoms with Crippen LogP contribution in [0.25, 0.3) is 11.3 Å². The minimum atomic E-state index is -1.70. The number of hydrogen-bond donors (Lipinski definition) is 2. The quantitative estimate of drug-likeness (QED) is 0.671. The summed E-state index contributed by atoms with van der Waals surface area (Å²) in [6, 6.07) is 11.9. The molecule has 1 aromatic heterocycles. The third-order valence-corrected chi connectivity index (χ3v) is 3.52. The molecule has 3 aromatic rings. The van der Waals surface area contributed by atoms with Gasteiger partial charge in [0.25, 0.3) is 5.91 Å². The van der Waals surface area contributed by atoms with Gasteiger partial charge >= 0.3 is 0 Å². The molecule has 0 aliphatic rings. The van der Waals surface area contributed by atoms with Crippen molar-refractivity contribution in [3.8, 4) is 11.3 Å². The van der Waals surface area contributed by atoms with Crippen LogP contribution in [0.4, 0.5) is 18.9 Å². The van der Waals surface area contributed by atoms with Crippen molar-refractivity contribution in [2.75, 3.05) is 11.9 Å². The minimum Gasteiger partial charge on any atom is -0.355 e. The molecule has 6 nitrogen and oxygen atoms in total. The van der Waals surface area contributed by atoms with Gasteiger partial charge in [0.1, 0.15) is 0 Å². The molecule has 0 radical (unpaired) electrons. The Hall–Kier alpha value is -3.62. The molecule has 0 fully saturated rings. The summed E-state index contributed by atoms with van der Waals surface area (Å²) < 4.78 is 44.6. The van der Waals surface area contributed by atoms with Gasteiger partial charge in [-0.2, -0.15) is 0 Å². The second-order valence-electron chi connectivity index (χ2n) is 5.40. The van der Waals surface area contributed by atoms with E-state index in [-0.39, 0.29) is 5.69 Å². The van der Waals surface area contributed by atoms with Crippen LogP contribution in [0.15, 0.2) is 53.1 Å². The molecule has 3 rings (SSSR count). The van der Waals surface area contributed by atoms with Crippen molar-refractivity contribution in [1.29, 1.82) is 0 Å². The number of carbonyl (C=O) groups excluding carboxylic acids is 2. The van der Waals surface area contributed by atoms with Crippen LogP contribution in [0.1, 0.15) is 10.5 Å². The fourth-order valence-electron chi connectivity index (χ4n) is 2.19. The molecule has 2 aromatic carbocycles. The first kappa shape index (κ1) is 18.2. The summed E-state index contributed by atoms with van der Waals surface area (Å²) in [6.45, 7) is -0.537. The molecular weight excluding hydrogens is 363 g/mol. The molecule has 0 aliphatic carbocycles. The van der Waals surface area contributed by atoms with Crippen molar-refractivity contribution in [3.63, 3.8) is 0 Å². The lowest BCUT2D eigenvalue weighted by molar-refractivity contribution is -0.115. The summed E-state index contributed by atoms with van der Waals surface area (Å²) >= 11 is 0. The zero-order valence-corrected chi connectivity index (χ0v) is 13.6. The average molecular weight is 375 g/mol. The number of rotatable bonds is 5. The van der Waals surface area contributed by atoms with Crippen molar-refractivity contribution < 1.29 is 27.3 Å². The van der Waals surface area contributed by atoms with E-state index in [1.54, 1.807) is 24.3 Å². The molecule has 0 bridgehead atoms. The number of nitrogens with one attached hydrogen (secondary N) is 2. The monoisotopic (exact) mass is 375 g/mol. The summed E-state index contributed by atoms with van der Waals surface area (Å²) in [6.07, 6.45) is 0. The van der Waals surface area contributed by atoms with Crippen LogP contribution in [0.2, 0.25) is 0 Å². The maximum Gasteiger partial charge on any atom is 0.273 e. The third kappa shape index (κ3) is 4.14. The highest BCUT2D eigenvalue weighted by Crippen LogP contribution is 2.20. The third-order valence-electron chi connectivity index (χ3n) is 3.52. The first-order chi connectivity index (χ1) is 13.0. The van der Waals surface area contributed by atoms with E-state index < -0.39 is 41.5 Å². The van der Waals surface area contributed by atoms with Crippen LogP contribution in [0, 0.1) is 17.5 Å². The van der Waals surface area contributed by atoms with E-state index in [0.29, 0.717) is 11.8 Å². The molecule has 0 saturated heterocycles. The van der Waals surface area contributed by atoms with Gasteiger partial charge in [0.2, 0.25) is 5.91 Å². The number of carbonyl (C=O) groups is 2. The summed E-state index contributed by atoms with van der Waals surface area (Å²) in [5, 5.41) is 7.92. The lowest BCUT2D eigenvalue weighted by atomic mass is 10.1. The molecule has 0 spiro atoms. The average Bonchev–Trinajstić information content (AvgIpc) is 3.18. The summed E-state index contributed by atoms with van der Waals surface area (Å²) in [4.78, 5) is 23.8. The Morgan fingerprint density at radius 1 is 1.00 bits per heavy atom. The number of halogens is 3. The van der Waals surface area contributed by atoms with Gasteiger partial charge in [0.15, 0.2) is 28.9 Å². The Balaban J connectivity index is 1.59. The van der Waals surface area contributed by atoms with Crippen LogP contribution in [0.3, 0.4) is 0 Å². The Bertz CT molecular complexity index is 990. The zero-order valence-electron chi connectivity index (χ0n) is 13.6. The van der Waals surface area contributed by atoms with Gasteiger partial charge in [0.05, 0.1) is 12.2 Å². The van der Waals surface area contributed by atoms with E-state index in [4.69, 9.17) is 4.52 Å². The second-order valence-corrected chi connectivity index (χ2v) is 5.40. The first-order valence-electron chi connectivity index (χ1n) is 7.69. The molecule has 9 heteroatoms. The van der Waals surface area contributed by atoms with Crippen molar-refractivity contribution in [2.24, 2.45) is 0 Å². The van der Waals surface area contributed by atoms with Gasteiger partial charge < -0.3 is 15.2 Å². The highest BCUT2D eigenvalue weighted by molar-refractivity contribution is 5.98. The molecular formula is C18H12F3N3O3. The van der Waals surface area contributed by atoms with E-state index in [2.05, 4.69) is 10.5 Å². The first-order valence-corrected chi connectivity index (χ1v) is 7.69. The highest BCUT2D eigenvalue weighted by atomic mass is 19.2. The SMILES string of the molecule is O=C(CNC(=O)c1cc(-c2ccccc2)on1)Nc1ccc(F)c(F)c1F. The zero-order chi connectivity index (χ0) is 19.4. The topological polar surface area (TPSA) is 84.2 Å². The van der Waals surface area contributed by atoms with E-state index in [9.17, 15) is 22.8 Å². The fraction of sp³-hybridized carbons (Fsp3) is 0.0556. The number of anilines is 1. The van der Waals surface area contributed by atoms with Crippen LogP contribution < -0.4 is 10.6 Å². The van der Waals surface area contributed by atoms with Gasteiger partial charge in [-0.15, -0.1) is 0 Å². The Morgan fingerprint density at radius 2 is 1.74 bits per heavy atom. The van der Waals surface area contributed by atoms with Gasteiger partial charge in [-0.05, 0) is 12.1 Å². The lowest BCUT2D eigenvalue weighted by Gasteiger charge is -2.07. The second kappa shape index (κ2) is 7.73. The van der Waals surface area contributed by atoms with Gasteiger partial charge in [-0.3, -0.25) is 9.59 Å². The van der Waals surface area contributed by atoms with Crippen molar-refractivity contribution >= 4 is 17.5 Å². The molecule has 2 N–H and O–H groups in total. The standard InChI is InChI=1S/C18H12F3N3O3/c19-11-6-7-12(17(21)16(11)20)23-15(25)9-22-18(26)13-8-14(27-24-13)10-4-2-1-3-5-10/h1-8H,9H2,(H,22,26)(H,23,25). The number of nitrogens with zero attached hydrogens (tertiary/aromatic N) is 1. The number of aromatic nitrogens is 1. The molecule has 0 unspecified atom stereocenters. The normalized spacial score (nSPS) is 10.5. The van der Waals surface area contributed by atoms with Crippen LogP contribution in [-0.4, -0.2) is 23.5 Å². The molecule has 1 heterocycles. The van der Waals surface area contributed by atoms with Crippen LogP contribution in [-0.2, 0) is 4.79 Å². The van der Waals surface area contributed by atoms with Crippen LogP contribution >= 0.6 is 0 Å². The molecule has 2 amide bonds. The maximum absolute atomic E-state index is 13.5. The molecule has 27 heavy (non-hydrogen) atoms. The predicted octanol–water partition coefficient (Wildman–Crippen LogP) is 3.13. The fourth-order valence-corrected chi connectivity index (χ4v) is 2.19. The van der Waals surface area contributed by atoms with Gasteiger partial charge in [0, 0.05) is 11.6 Å². The number of hydrogen-bond acceptors (Lipinski definition) is 4. The van der Waals surface area contributed by atoms with Gasteiger partial charge in [-0.1, -0.05) is 35.5 Å². The predicted molar refractivity (Wildman–Crippen MR) is 89.2 cm³/mol. The van der Waals surface area contributed by atoms with E-state index in [1.165, 1.54) is 6.07 Å². The minimum absolute atomic E-state index is 0.0549. The van der Waals surface area contributed by atoms with Crippen LogP contribution in [0.5, 0.6) is 0 Å². The Kier molecular flexibility index (Phi) is 5.20. The summed E-state index contributed by atoms with van der Waals surface area (Å²) in [7, 11) is 0. The van der Waals surface area contributed by atoms with Crippen molar-refractivity contribution in [2.45, 2.75) is 0 Å². The maximum atomic E-state index is 13.5. The van der Waals surface area contributed by atoms with Crippen molar-refractivity contribution in [3.05, 3.63) is 71.7 Å². The van der Waals surface area contributed by atoms with Crippen molar-refractivity contribution in [1.82, 2.24) is 10.5 Å². The molecule has 0 saturated carbocycles. The molecule has 138 valence electrons. The summed E-state index contributed by atoms with van der Waals surface area (Å²) in [5.41, 5.74) is 0.122. The molecule has 0 aliphatic heterocycles. The highest BCUT2D eigenvalue weighted by Gasteiger charge is 2.17. The number of benzene rings is 2. The van der Waals surface area contributed by atoms with E-state index >= 15 is 0 Å². The lowest BCUT2D eigenvalue weighted by Crippen LogP contribution is -2.33.